The van der Waals surface area contributed by atoms with E-state index in [0.717, 1.165) is 17.7 Å². The second-order valence-corrected chi connectivity index (χ2v) is 9.54. The molecule has 6 rings (SSSR count). The van der Waals surface area contributed by atoms with Crippen molar-refractivity contribution in [1.82, 2.24) is 14.8 Å². The molecule has 2 aliphatic heterocycles. The summed E-state index contributed by atoms with van der Waals surface area (Å²) >= 11 is 0. The van der Waals surface area contributed by atoms with Crippen LogP contribution >= 0.6 is 0 Å². The van der Waals surface area contributed by atoms with E-state index < -0.39 is 5.60 Å². The Labute approximate surface area is 187 Å². The molecular formula is C25H28N4O3. The molecule has 166 valence electrons. The number of hydrogen-bond acceptors (Lipinski definition) is 5. The Kier molecular flexibility index (Phi) is 4.52. The summed E-state index contributed by atoms with van der Waals surface area (Å²) in [7, 11) is 0. The fourth-order valence-electron chi connectivity index (χ4n) is 4.72. The standard InChI is InChI=1S/C25H28N4O3/c30-23(27-11-13-28(14-12-27)24(31)25(32)9-10-25)18-3-1-17(2-4-18)19-5-8-22-20(15-19)16-29(26-22)21-6-7-21/h1-5,8,15,21,26,32H,6-7,9-14,16H2. The van der Waals surface area contributed by atoms with Crippen LogP contribution in [-0.4, -0.2) is 69.6 Å². The van der Waals surface area contributed by atoms with Gasteiger partial charge in [-0.1, -0.05) is 18.2 Å². The van der Waals surface area contributed by atoms with Gasteiger partial charge in [-0.3, -0.25) is 9.59 Å². The number of piperazine rings is 1. The molecule has 0 unspecified atom stereocenters. The number of aliphatic hydroxyl groups is 1. The van der Waals surface area contributed by atoms with E-state index >= 15 is 0 Å². The first-order valence-electron chi connectivity index (χ1n) is 11.6. The van der Waals surface area contributed by atoms with Crippen LogP contribution in [0, 0.1) is 0 Å². The predicted molar refractivity (Wildman–Crippen MR) is 121 cm³/mol. The number of carbonyl (C=O) groups is 2. The average Bonchev–Trinajstić information content (AvgIpc) is 3.77. The van der Waals surface area contributed by atoms with E-state index in [1.807, 2.05) is 24.3 Å². The molecule has 0 bridgehead atoms. The van der Waals surface area contributed by atoms with Gasteiger partial charge >= 0.3 is 0 Å². The highest BCUT2D eigenvalue weighted by Crippen LogP contribution is 2.38. The summed E-state index contributed by atoms with van der Waals surface area (Å²) in [6, 6.07) is 15.0. The lowest BCUT2D eigenvalue weighted by Crippen LogP contribution is -2.53. The molecule has 1 saturated heterocycles. The molecule has 2 heterocycles. The van der Waals surface area contributed by atoms with Crippen molar-refractivity contribution in [1.29, 1.82) is 0 Å². The number of hydrogen-bond donors (Lipinski definition) is 2. The molecule has 7 heteroatoms. The maximum absolute atomic E-state index is 13.0. The Hall–Kier alpha value is -2.90. The summed E-state index contributed by atoms with van der Waals surface area (Å²) in [4.78, 5) is 28.7. The summed E-state index contributed by atoms with van der Waals surface area (Å²) in [5.74, 6) is -0.189. The fraction of sp³-hybridized carbons (Fsp3) is 0.440. The molecule has 2 aromatic rings. The van der Waals surface area contributed by atoms with Gasteiger partial charge in [-0.25, -0.2) is 5.01 Å². The van der Waals surface area contributed by atoms with Crippen LogP contribution in [0.25, 0.3) is 11.1 Å². The Morgan fingerprint density at radius 2 is 1.56 bits per heavy atom. The molecule has 7 nitrogen and oxygen atoms in total. The van der Waals surface area contributed by atoms with Crippen LogP contribution in [-0.2, 0) is 11.3 Å². The molecule has 2 amide bonds. The Morgan fingerprint density at radius 3 is 2.22 bits per heavy atom. The lowest BCUT2D eigenvalue weighted by molar-refractivity contribution is -0.143. The van der Waals surface area contributed by atoms with Crippen LogP contribution < -0.4 is 5.43 Å². The first kappa shape index (κ1) is 19.8. The van der Waals surface area contributed by atoms with Gasteiger partial charge in [0.25, 0.3) is 11.8 Å². The molecule has 2 aromatic carbocycles. The summed E-state index contributed by atoms with van der Waals surface area (Å²) in [6.07, 6.45) is 3.65. The molecule has 0 aromatic heterocycles. The molecule has 0 atom stereocenters. The second-order valence-electron chi connectivity index (χ2n) is 9.54. The SMILES string of the molecule is O=C(c1ccc(-c2ccc3c(c2)CN(C2CC2)N3)cc1)N1CCN(C(=O)C2(O)CC2)CC1. The quantitative estimate of drug-likeness (QED) is 0.776. The van der Waals surface area contributed by atoms with Gasteiger partial charge in [0.05, 0.1) is 5.69 Å². The molecule has 2 aliphatic carbocycles. The van der Waals surface area contributed by atoms with Gasteiger partial charge < -0.3 is 20.3 Å². The summed E-state index contributed by atoms with van der Waals surface area (Å²) in [6.45, 7) is 2.89. The summed E-state index contributed by atoms with van der Waals surface area (Å²) in [5, 5.41) is 12.4. The van der Waals surface area contributed by atoms with Crippen molar-refractivity contribution in [3.63, 3.8) is 0 Å². The van der Waals surface area contributed by atoms with Crippen molar-refractivity contribution >= 4 is 17.5 Å². The van der Waals surface area contributed by atoms with Crippen molar-refractivity contribution < 1.29 is 14.7 Å². The van der Waals surface area contributed by atoms with Gasteiger partial charge in [0.1, 0.15) is 5.60 Å². The second kappa shape index (κ2) is 7.32. The minimum absolute atomic E-state index is 0.00740. The highest BCUT2D eigenvalue weighted by molar-refractivity contribution is 5.95. The number of amides is 2. The topological polar surface area (TPSA) is 76.1 Å². The van der Waals surface area contributed by atoms with Crippen LogP contribution in [0.5, 0.6) is 0 Å². The number of nitrogens with zero attached hydrogens (tertiary/aromatic N) is 3. The van der Waals surface area contributed by atoms with Gasteiger partial charge in [-0.2, -0.15) is 0 Å². The smallest absolute Gasteiger partial charge is 0.254 e. The fourth-order valence-corrected chi connectivity index (χ4v) is 4.72. The first-order chi connectivity index (χ1) is 15.5. The van der Waals surface area contributed by atoms with Crippen molar-refractivity contribution in [3.8, 4) is 11.1 Å². The lowest BCUT2D eigenvalue weighted by Gasteiger charge is -2.35. The van der Waals surface area contributed by atoms with Crippen LogP contribution in [0.3, 0.4) is 0 Å². The molecule has 2 saturated carbocycles. The highest BCUT2D eigenvalue weighted by atomic mass is 16.3. The Morgan fingerprint density at radius 1 is 0.906 bits per heavy atom. The summed E-state index contributed by atoms with van der Waals surface area (Å²) in [5.41, 5.74) is 7.80. The van der Waals surface area contributed by atoms with Gasteiger partial charge in [0, 0.05) is 44.3 Å². The largest absolute Gasteiger partial charge is 0.380 e. The molecule has 3 fully saturated rings. The van der Waals surface area contributed by atoms with E-state index in [0.29, 0.717) is 50.6 Å². The van der Waals surface area contributed by atoms with Gasteiger partial charge in [0.15, 0.2) is 0 Å². The summed E-state index contributed by atoms with van der Waals surface area (Å²) < 4.78 is 0. The number of rotatable bonds is 4. The number of hydrazine groups is 1. The van der Waals surface area contributed by atoms with Crippen molar-refractivity contribution in [2.75, 3.05) is 31.6 Å². The minimum Gasteiger partial charge on any atom is -0.380 e. The maximum Gasteiger partial charge on any atom is 0.254 e. The lowest BCUT2D eigenvalue weighted by atomic mass is 10.0. The highest BCUT2D eigenvalue weighted by Gasteiger charge is 2.50. The zero-order valence-electron chi connectivity index (χ0n) is 18.1. The van der Waals surface area contributed by atoms with E-state index in [9.17, 15) is 14.7 Å². The van der Waals surface area contributed by atoms with E-state index in [1.165, 1.54) is 24.1 Å². The predicted octanol–water partition coefficient (Wildman–Crippen LogP) is 2.47. The third kappa shape index (κ3) is 3.55. The molecule has 32 heavy (non-hydrogen) atoms. The molecule has 0 radical (unpaired) electrons. The van der Waals surface area contributed by atoms with Crippen molar-refractivity contribution in [3.05, 3.63) is 53.6 Å². The number of carbonyl (C=O) groups excluding carboxylic acids is 2. The van der Waals surface area contributed by atoms with Crippen molar-refractivity contribution in [2.24, 2.45) is 0 Å². The van der Waals surface area contributed by atoms with Gasteiger partial charge in [-0.05, 0) is 66.6 Å². The van der Waals surface area contributed by atoms with Crippen LogP contribution in [0.4, 0.5) is 5.69 Å². The monoisotopic (exact) mass is 432 g/mol. The van der Waals surface area contributed by atoms with E-state index in [2.05, 4.69) is 28.6 Å². The molecule has 4 aliphatic rings. The number of nitrogens with one attached hydrogen (secondary N) is 1. The normalized spacial score (nSPS) is 21.8. The zero-order chi connectivity index (χ0) is 21.9. The third-order valence-electron chi connectivity index (χ3n) is 7.14. The van der Waals surface area contributed by atoms with E-state index in [1.54, 1.807) is 9.80 Å². The van der Waals surface area contributed by atoms with Crippen molar-refractivity contribution in [2.45, 2.75) is 43.9 Å². The number of fused-ring (bicyclic) bond motifs is 1. The maximum atomic E-state index is 13.0. The van der Waals surface area contributed by atoms with Gasteiger partial charge in [-0.15, -0.1) is 0 Å². The van der Waals surface area contributed by atoms with E-state index in [4.69, 9.17) is 0 Å². The number of benzene rings is 2. The molecule has 0 spiro atoms. The zero-order valence-corrected chi connectivity index (χ0v) is 18.1. The van der Waals surface area contributed by atoms with Gasteiger partial charge in [0.2, 0.25) is 0 Å². The van der Waals surface area contributed by atoms with Crippen LogP contribution in [0.1, 0.15) is 41.6 Å². The number of anilines is 1. The van der Waals surface area contributed by atoms with Crippen LogP contribution in [0.2, 0.25) is 0 Å². The molecule has 2 N–H and O–H groups in total. The minimum atomic E-state index is -1.13. The third-order valence-corrected chi connectivity index (χ3v) is 7.14. The average molecular weight is 433 g/mol. The molecular weight excluding hydrogens is 404 g/mol. The van der Waals surface area contributed by atoms with E-state index in [-0.39, 0.29) is 11.8 Å². The first-order valence-corrected chi connectivity index (χ1v) is 11.6. The van der Waals surface area contributed by atoms with Crippen LogP contribution in [0.15, 0.2) is 42.5 Å². The Balaban J connectivity index is 1.10. The Bertz CT molecular complexity index is 1070.